The van der Waals surface area contributed by atoms with E-state index < -0.39 is 0 Å². The van der Waals surface area contributed by atoms with Gasteiger partial charge in [-0.25, -0.2) is 4.98 Å². The molecule has 6 nitrogen and oxygen atoms in total. The molecule has 7 heteroatoms. The summed E-state index contributed by atoms with van der Waals surface area (Å²) in [6.45, 7) is 8.23. The van der Waals surface area contributed by atoms with Gasteiger partial charge in [0.25, 0.3) is 0 Å². The Morgan fingerprint density at radius 1 is 1.41 bits per heavy atom. The van der Waals surface area contributed by atoms with Crippen LogP contribution in [0.25, 0.3) is 0 Å². The molecule has 0 spiro atoms. The zero-order valence-corrected chi connectivity index (χ0v) is 14.3. The van der Waals surface area contributed by atoms with E-state index in [-0.39, 0.29) is 12.4 Å². The van der Waals surface area contributed by atoms with Gasteiger partial charge in [-0.15, -0.1) is 12.4 Å². The van der Waals surface area contributed by atoms with Crippen molar-refractivity contribution in [2.45, 2.75) is 32.5 Å². The molecule has 1 unspecified atom stereocenters. The summed E-state index contributed by atoms with van der Waals surface area (Å²) in [6, 6.07) is 0.730. The fourth-order valence-corrected chi connectivity index (χ4v) is 2.86. The van der Waals surface area contributed by atoms with Crippen LogP contribution in [0.1, 0.15) is 37.3 Å². The van der Waals surface area contributed by atoms with Crippen molar-refractivity contribution in [3.63, 3.8) is 0 Å². The van der Waals surface area contributed by atoms with Crippen molar-refractivity contribution >= 4 is 12.4 Å². The number of aromatic nitrogens is 4. The zero-order valence-electron chi connectivity index (χ0n) is 13.4. The first-order valence-electron chi connectivity index (χ1n) is 7.60. The standard InChI is InChI=1S/C15H24N6.ClH/c1-12(2)21-11-13(8-18-21)10-20-7-4-16-9-14(20)15-17-5-6-19(15)3;/h5-6,8,11-12,14,16H,4,7,9-10H2,1-3H3;1H. The van der Waals surface area contributed by atoms with Gasteiger partial charge in [0, 0.05) is 63.4 Å². The van der Waals surface area contributed by atoms with Gasteiger partial charge in [0.2, 0.25) is 0 Å². The lowest BCUT2D eigenvalue weighted by Gasteiger charge is -2.35. The van der Waals surface area contributed by atoms with Crippen molar-refractivity contribution in [2.75, 3.05) is 19.6 Å². The largest absolute Gasteiger partial charge is 0.337 e. The molecule has 3 heterocycles. The molecule has 2 aromatic heterocycles. The summed E-state index contributed by atoms with van der Waals surface area (Å²) in [6.07, 6.45) is 8.03. The van der Waals surface area contributed by atoms with E-state index in [1.807, 2.05) is 23.3 Å². The summed E-state index contributed by atoms with van der Waals surface area (Å²) < 4.78 is 4.13. The minimum Gasteiger partial charge on any atom is -0.337 e. The Bertz CT molecular complexity index is 590. The zero-order chi connectivity index (χ0) is 14.8. The van der Waals surface area contributed by atoms with E-state index in [4.69, 9.17) is 0 Å². The first-order chi connectivity index (χ1) is 10.1. The number of rotatable bonds is 4. The Balaban J connectivity index is 0.00000176. The molecule has 0 aliphatic carbocycles. The highest BCUT2D eigenvalue weighted by atomic mass is 35.5. The molecular weight excluding hydrogens is 300 g/mol. The Kier molecular flexibility index (Phi) is 5.61. The Morgan fingerprint density at radius 2 is 2.23 bits per heavy atom. The van der Waals surface area contributed by atoms with E-state index in [0.29, 0.717) is 12.1 Å². The van der Waals surface area contributed by atoms with E-state index in [2.05, 4.69) is 52.0 Å². The Morgan fingerprint density at radius 3 is 2.86 bits per heavy atom. The molecular formula is C15H25ClN6. The lowest BCUT2D eigenvalue weighted by Crippen LogP contribution is -2.46. The predicted molar refractivity (Wildman–Crippen MR) is 89.1 cm³/mol. The SMILES string of the molecule is CC(C)n1cc(CN2CCNCC2c2nccn2C)cn1.Cl. The molecule has 0 radical (unpaired) electrons. The molecule has 122 valence electrons. The fourth-order valence-electron chi connectivity index (χ4n) is 2.86. The van der Waals surface area contributed by atoms with Crippen LogP contribution in [-0.2, 0) is 13.6 Å². The number of hydrogen-bond donors (Lipinski definition) is 1. The van der Waals surface area contributed by atoms with E-state index in [1.165, 1.54) is 5.56 Å². The third-order valence-corrected chi connectivity index (χ3v) is 4.08. The number of nitrogens with zero attached hydrogens (tertiary/aromatic N) is 5. The lowest BCUT2D eigenvalue weighted by atomic mass is 10.1. The maximum Gasteiger partial charge on any atom is 0.127 e. The van der Waals surface area contributed by atoms with E-state index in [1.54, 1.807) is 0 Å². The van der Waals surface area contributed by atoms with Crippen molar-refractivity contribution in [3.8, 4) is 0 Å². The summed E-state index contributed by atoms with van der Waals surface area (Å²) in [5.74, 6) is 1.12. The molecule has 1 N–H and O–H groups in total. The first kappa shape index (κ1) is 17.0. The van der Waals surface area contributed by atoms with Crippen molar-refractivity contribution in [1.29, 1.82) is 0 Å². The van der Waals surface area contributed by atoms with E-state index in [0.717, 1.165) is 32.0 Å². The Hall–Kier alpha value is -1.37. The molecule has 22 heavy (non-hydrogen) atoms. The van der Waals surface area contributed by atoms with Crippen LogP contribution in [0, 0.1) is 0 Å². The van der Waals surface area contributed by atoms with Gasteiger partial charge in [-0.3, -0.25) is 9.58 Å². The highest BCUT2D eigenvalue weighted by Crippen LogP contribution is 2.22. The highest BCUT2D eigenvalue weighted by Gasteiger charge is 2.26. The third kappa shape index (κ3) is 3.51. The normalized spacial score (nSPS) is 19.4. The van der Waals surface area contributed by atoms with Crippen molar-refractivity contribution in [3.05, 3.63) is 36.2 Å². The van der Waals surface area contributed by atoms with Crippen molar-refractivity contribution in [2.24, 2.45) is 7.05 Å². The topological polar surface area (TPSA) is 50.9 Å². The molecule has 0 bridgehead atoms. The van der Waals surface area contributed by atoms with Gasteiger partial charge in [0.05, 0.1) is 12.2 Å². The lowest BCUT2D eigenvalue weighted by molar-refractivity contribution is 0.144. The van der Waals surface area contributed by atoms with Crippen LogP contribution < -0.4 is 5.32 Å². The van der Waals surface area contributed by atoms with Crippen molar-refractivity contribution < 1.29 is 0 Å². The summed E-state index contributed by atoms with van der Waals surface area (Å²) in [7, 11) is 2.06. The van der Waals surface area contributed by atoms with Gasteiger partial charge >= 0.3 is 0 Å². The summed E-state index contributed by atoms with van der Waals surface area (Å²) in [5.41, 5.74) is 1.27. The number of hydrogen-bond acceptors (Lipinski definition) is 4. The van der Waals surface area contributed by atoms with E-state index >= 15 is 0 Å². The van der Waals surface area contributed by atoms with Crippen molar-refractivity contribution in [1.82, 2.24) is 29.5 Å². The van der Waals surface area contributed by atoms with E-state index in [9.17, 15) is 0 Å². The number of imidazole rings is 1. The van der Waals surface area contributed by atoms with Gasteiger partial charge in [0.1, 0.15) is 5.82 Å². The van der Waals surface area contributed by atoms with Crippen LogP contribution in [0.15, 0.2) is 24.8 Å². The molecule has 0 amide bonds. The molecule has 1 fully saturated rings. The predicted octanol–water partition coefficient (Wildman–Crippen LogP) is 1.77. The molecule has 2 aromatic rings. The molecule has 1 aliphatic heterocycles. The smallest absolute Gasteiger partial charge is 0.127 e. The van der Waals surface area contributed by atoms with Crippen LogP contribution in [0.2, 0.25) is 0 Å². The third-order valence-electron chi connectivity index (χ3n) is 4.08. The van der Waals surface area contributed by atoms with Gasteiger partial charge in [-0.2, -0.15) is 5.10 Å². The van der Waals surface area contributed by atoms with Crippen LogP contribution in [0.3, 0.4) is 0 Å². The highest BCUT2D eigenvalue weighted by molar-refractivity contribution is 5.85. The van der Waals surface area contributed by atoms with Gasteiger partial charge in [-0.05, 0) is 13.8 Å². The maximum absolute atomic E-state index is 4.53. The van der Waals surface area contributed by atoms with Crippen LogP contribution >= 0.6 is 12.4 Å². The number of nitrogens with one attached hydrogen (secondary N) is 1. The second-order valence-electron chi connectivity index (χ2n) is 6.01. The molecule has 1 saturated heterocycles. The first-order valence-corrected chi connectivity index (χ1v) is 7.60. The number of aryl methyl sites for hydroxylation is 1. The quantitative estimate of drug-likeness (QED) is 0.931. The Labute approximate surface area is 137 Å². The molecule has 1 atom stereocenters. The van der Waals surface area contributed by atoms with Gasteiger partial charge < -0.3 is 9.88 Å². The van der Waals surface area contributed by atoms with Crippen LogP contribution in [-0.4, -0.2) is 43.9 Å². The second-order valence-corrected chi connectivity index (χ2v) is 6.01. The van der Waals surface area contributed by atoms with Crippen LogP contribution in [0.5, 0.6) is 0 Å². The van der Waals surface area contributed by atoms with Gasteiger partial charge in [0.15, 0.2) is 0 Å². The molecule has 0 aromatic carbocycles. The summed E-state index contributed by atoms with van der Waals surface area (Å²) >= 11 is 0. The number of piperazine rings is 1. The fraction of sp³-hybridized carbons (Fsp3) is 0.600. The minimum atomic E-state index is 0. The minimum absolute atomic E-state index is 0. The molecule has 3 rings (SSSR count). The van der Waals surface area contributed by atoms with Crippen LogP contribution in [0.4, 0.5) is 0 Å². The molecule has 0 saturated carbocycles. The maximum atomic E-state index is 4.53. The monoisotopic (exact) mass is 324 g/mol. The number of halogens is 1. The molecule has 1 aliphatic rings. The average Bonchev–Trinajstić information content (AvgIpc) is 3.09. The van der Waals surface area contributed by atoms with Gasteiger partial charge in [-0.1, -0.05) is 0 Å². The summed E-state index contributed by atoms with van der Waals surface area (Å²) in [4.78, 5) is 7.01. The summed E-state index contributed by atoms with van der Waals surface area (Å²) in [5, 5.41) is 7.91. The average molecular weight is 325 g/mol. The second kappa shape index (κ2) is 7.26.